The summed E-state index contributed by atoms with van der Waals surface area (Å²) in [7, 11) is 2.78. The summed E-state index contributed by atoms with van der Waals surface area (Å²) in [6, 6.07) is 6.59. The Morgan fingerprint density at radius 1 is 1.00 bits per heavy atom. The quantitative estimate of drug-likeness (QED) is 0.383. The standard InChI is InChI=1S/C22H35N3O6/c1-21(2,3)30-19(27)24-23-14-16-11-9-10-15(12-16)13-17(18(26)29-8)25(7)20(28)31-22(4,5)6/h9-12,17,23H,13-14H2,1-8H3,(H,24,27)/t17-/m1/s1. The van der Waals surface area contributed by atoms with Crippen molar-refractivity contribution in [2.45, 2.75) is 71.8 Å². The predicted octanol–water partition coefficient (Wildman–Crippen LogP) is 3.17. The van der Waals surface area contributed by atoms with E-state index < -0.39 is 35.4 Å². The van der Waals surface area contributed by atoms with E-state index >= 15 is 0 Å². The average molecular weight is 438 g/mol. The Labute approximate surface area is 184 Å². The van der Waals surface area contributed by atoms with Crippen molar-refractivity contribution in [2.24, 2.45) is 0 Å². The van der Waals surface area contributed by atoms with Crippen LogP contribution in [0.25, 0.3) is 0 Å². The van der Waals surface area contributed by atoms with Crippen molar-refractivity contribution in [3.8, 4) is 0 Å². The van der Waals surface area contributed by atoms with Gasteiger partial charge in [-0.15, -0.1) is 0 Å². The zero-order valence-electron chi connectivity index (χ0n) is 19.7. The third kappa shape index (κ3) is 10.2. The number of hydrogen-bond acceptors (Lipinski definition) is 7. The van der Waals surface area contributed by atoms with Crippen molar-refractivity contribution >= 4 is 18.2 Å². The summed E-state index contributed by atoms with van der Waals surface area (Å²) < 4.78 is 15.4. The third-order valence-corrected chi connectivity index (χ3v) is 3.92. The Morgan fingerprint density at radius 3 is 2.13 bits per heavy atom. The van der Waals surface area contributed by atoms with Crippen LogP contribution in [0.5, 0.6) is 0 Å². The molecule has 1 rings (SSSR count). The molecule has 2 amide bonds. The van der Waals surface area contributed by atoms with Gasteiger partial charge in [0.1, 0.15) is 17.2 Å². The fraction of sp³-hybridized carbons (Fsp3) is 0.591. The van der Waals surface area contributed by atoms with Gasteiger partial charge in [-0.3, -0.25) is 10.3 Å². The maximum absolute atomic E-state index is 12.4. The molecule has 1 aromatic rings. The first-order valence-electron chi connectivity index (χ1n) is 10.0. The van der Waals surface area contributed by atoms with E-state index in [4.69, 9.17) is 14.2 Å². The minimum atomic E-state index is -0.844. The second-order valence-corrected chi connectivity index (χ2v) is 9.13. The molecule has 0 spiro atoms. The molecule has 2 N–H and O–H groups in total. The van der Waals surface area contributed by atoms with E-state index in [2.05, 4.69) is 10.9 Å². The molecule has 1 atom stereocenters. The van der Waals surface area contributed by atoms with Gasteiger partial charge in [0, 0.05) is 20.0 Å². The molecule has 31 heavy (non-hydrogen) atoms. The van der Waals surface area contributed by atoms with E-state index in [9.17, 15) is 14.4 Å². The van der Waals surface area contributed by atoms with Crippen LogP contribution in [0.2, 0.25) is 0 Å². The number of rotatable bonds is 7. The Hall–Kier alpha value is -2.81. The maximum atomic E-state index is 12.4. The van der Waals surface area contributed by atoms with Crippen LogP contribution in [0.3, 0.4) is 0 Å². The number of nitrogens with zero attached hydrogens (tertiary/aromatic N) is 1. The Balaban J connectivity index is 2.80. The Bertz CT molecular complexity index is 767. The SMILES string of the molecule is COC(=O)[C@@H](Cc1cccc(CNNC(=O)OC(C)(C)C)c1)N(C)C(=O)OC(C)(C)C. The lowest BCUT2D eigenvalue weighted by molar-refractivity contribution is -0.146. The van der Waals surface area contributed by atoms with Crippen LogP contribution in [0, 0.1) is 0 Å². The molecule has 0 bridgehead atoms. The number of benzene rings is 1. The lowest BCUT2D eigenvalue weighted by Gasteiger charge is -2.29. The number of nitrogens with one attached hydrogen (secondary N) is 2. The summed E-state index contributed by atoms with van der Waals surface area (Å²) in [4.78, 5) is 37.7. The van der Waals surface area contributed by atoms with Crippen LogP contribution >= 0.6 is 0 Å². The van der Waals surface area contributed by atoms with Crippen LogP contribution in [-0.4, -0.2) is 54.5 Å². The number of esters is 1. The van der Waals surface area contributed by atoms with Crippen LogP contribution < -0.4 is 10.9 Å². The predicted molar refractivity (Wildman–Crippen MR) is 116 cm³/mol. The minimum Gasteiger partial charge on any atom is -0.467 e. The highest BCUT2D eigenvalue weighted by molar-refractivity contribution is 5.81. The molecule has 174 valence electrons. The number of hydrogen-bond donors (Lipinski definition) is 2. The second-order valence-electron chi connectivity index (χ2n) is 9.13. The van der Waals surface area contributed by atoms with Gasteiger partial charge >= 0.3 is 18.2 Å². The molecule has 0 fully saturated rings. The molecule has 0 aliphatic carbocycles. The largest absolute Gasteiger partial charge is 0.467 e. The monoisotopic (exact) mass is 437 g/mol. The van der Waals surface area contributed by atoms with Crippen LogP contribution in [0.1, 0.15) is 52.7 Å². The number of hydrazine groups is 1. The fourth-order valence-electron chi connectivity index (χ4n) is 2.59. The van der Waals surface area contributed by atoms with E-state index in [1.54, 1.807) is 41.5 Å². The summed E-state index contributed by atoms with van der Waals surface area (Å²) in [5.41, 5.74) is 5.70. The van der Waals surface area contributed by atoms with E-state index in [0.717, 1.165) is 11.1 Å². The topological polar surface area (TPSA) is 106 Å². The smallest absolute Gasteiger partial charge is 0.422 e. The minimum absolute atomic E-state index is 0.246. The maximum Gasteiger partial charge on any atom is 0.422 e. The first kappa shape index (κ1) is 26.2. The van der Waals surface area contributed by atoms with Gasteiger partial charge < -0.3 is 14.2 Å². The molecule has 9 nitrogen and oxygen atoms in total. The zero-order valence-corrected chi connectivity index (χ0v) is 19.7. The molecule has 0 heterocycles. The van der Waals surface area contributed by atoms with Gasteiger partial charge in [-0.25, -0.2) is 19.8 Å². The highest BCUT2D eigenvalue weighted by Gasteiger charge is 2.31. The summed E-state index contributed by atoms with van der Waals surface area (Å²) in [5, 5.41) is 0. The van der Waals surface area contributed by atoms with Crippen molar-refractivity contribution in [3.63, 3.8) is 0 Å². The summed E-state index contributed by atoms with van der Waals surface area (Å²) in [5.74, 6) is -0.538. The third-order valence-electron chi connectivity index (χ3n) is 3.92. The first-order chi connectivity index (χ1) is 14.2. The zero-order chi connectivity index (χ0) is 23.8. The van der Waals surface area contributed by atoms with E-state index in [-0.39, 0.29) is 6.42 Å². The highest BCUT2D eigenvalue weighted by Crippen LogP contribution is 2.16. The second kappa shape index (κ2) is 11.0. The van der Waals surface area contributed by atoms with Gasteiger partial charge in [-0.1, -0.05) is 24.3 Å². The molecule has 0 saturated heterocycles. The van der Waals surface area contributed by atoms with Gasteiger partial charge in [-0.05, 0) is 52.7 Å². The molecule has 0 aliphatic heterocycles. The Morgan fingerprint density at radius 2 is 1.58 bits per heavy atom. The number of ether oxygens (including phenoxy) is 3. The highest BCUT2D eigenvalue weighted by atomic mass is 16.6. The van der Waals surface area contributed by atoms with E-state index in [1.807, 2.05) is 24.3 Å². The van der Waals surface area contributed by atoms with Gasteiger partial charge in [-0.2, -0.15) is 0 Å². The van der Waals surface area contributed by atoms with Gasteiger partial charge in [0.2, 0.25) is 0 Å². The molecular weight excluding hydrogens is 402 g/mol. The number of methoxy groups -OCH3 is 1. The van der Waals surface area contributed by atoms with Crippen LogP contribution in [-0.2, 0) is 32.0 Å². The molecule has 0 saturated carbocycles. The number of amides is 2. The van der Waals surface area contributed by atoms with E-state index in [1.165, 1.54) is 19.1 Å². The molecule has 9 heteroatoms. The molecule has 0 aromatic heterocycles. The van der Waals surface area contributed by atoms with Crippen LogP contribution in [0.4, 0.5) is 9.59 Å². The lowest BCUT2D eigenvalue weighted by Crippen LogP contribution is -2.46. The molecular formula is C22H35N3O6. The Kier molecular flexibility index (Phi) is 9.30. The molecule has 0 unspecified atom stereocenters. The summed E-state index contributed by atoms with van der Waals surface area (Å²) >= 11 is 0. The summed E-state index contributed by atoms with van der Waals surface area (Å²) in [6.45, 7) is 11.0. The fourth-order valence-corrected chi connectivity index (χ4v) is 2.59. The first-order valence-corrected chi connectivity index (χ1v) is 10.0. The summed E-state index contributed by atoms with van der Waals surface area (Å²) in [6.07, 6.45) is -0.939. The van der Waals surface area contributed by atoms with Crippen molar-refractivity contribution in [1.82, 2.24) is 15.8 Å². The van der Waals surface area contributed by atoms with Gasteiger partial charge in [0.15, 0.2) is 0 Å². The van der Waals surface area contributed by atoms with Crippen molar-refractivity contribution in [2.75, 3.05) is 14.2 Å². The van der Waals surface area contributed by atoms with Crippen molar-refractivity contribution in [1.29, 1.82) is 0 Å². The number of carbonyl (C=O) groups is 3. The molecule has 0 aliphatic rings. The number of likely N-dealkylation sites (N-methyl/N-ethyl adjacent to an activating group) is 1. The molecule has 0 radical (unpaired) electrons. The normalized spacial score (nSPS) is 12.5. The molecule has 1 aromatic carbocycles. The van der Waals surface area contributed by atoms with Gasteiger partial charge in [0.05, 0.1) is 7.11 Å². The lowest BCUT2D eigenvalue weighted by atomic mass is 10.0. The number of carbonyl (C=O) groups excluding carboxylic acids is 3. The van der Waals surface area contributed by atoms with E-state index in [0.29, 0.717) is 6.54 Å². The van der Waals surface area contributed by atoms with Crippen LogP contribution in [0.15, 0.2) is 24.3 Å². The van der Waals surface area contributed by atoms with Crippen molar-refractivity contribution in [3.05, 3.63) is 35.4 Å². The average Bonchev–Trinajstić information content (AvgIpc) is 2.62. The van der Waals surface area contributed by atoms with Crippen molar-refractivity contribution < 1.29 is 28.6 Å². The van der Waals surface area contributed by atoms with Gasteiger partial charge in [0.25, 0.3) is 0 Å².